The van der Waals surface area contributed by atoms with Gasteiger partial charge in [0.25, 0.3) is 0 Å². The monoisotopic (exact) mass is 380 g/mol. The van der Waals surface area contributed by atoms with Gasteiger partial charge in [-0.1, -0.05) is 25.1 Å². The van der Waals surface area contributed by atoms with Gasteiger partial charge >= 0.3 is 0 Å². The third-order valence-electron chi connectivity index (χ3n) is 4.82. The minimum Gasteiger partial charge on any atom is -0.313 e. The SMILES string of the molecule is CCN1CCN(Cc2cnc(S(C)(=O)=O)n2Cc2ccccc2F)CC1. The molecule has 3 rings (SSSR count). The van der Waals surface area contributed by atoms with Crippen LogP contribution in [0, 0.1) is 5.82 Å². The van der Waals surface area contributed by atoms with Crippen molar-refractivity contribution in [3.8, 4) is 0 Å². The molecule has 142 valence electrons. The number of aromatic nitrogens is 2. The van der Waals surface area contributed by atoms with Crippen LogP contribution >= 0.6 is 0 Å². The van der Waals surface area contributed by atoms with E-state index in [9.17, 15) is 12.8 Å². The van der Waals surface area contributed by atoms with Crippen LogP contribution in [0.1, 0.15) is 18.2 Å². The fourth-order valence-corrected chi connectivity index (χ4v) is 4.10. The summed E-state index contributed by atoms with van der Waals surface area (Å²) in [6.07, 6.45) is 2.74. The van der Waals surface area contributed by atoms with Crippen molar-refractivity contribution >= 4 is 9.84 Å². The highest BCUT2D eigenvalue weighted by Crippen LogP contribution is 2.18. The normalized spacial score (nSPS) is 16.9. The van der Waals surface area contributed by atoms with Gasteiger partial charge in [-0.3, -0.25) is 4.90 Å². The second-order valence-corrected chi connectivity index (χ2v) is 8.60. The maximum atomic E-state index is 14.1. The van der Waals surface area contributed by atoms with E-state index in [-0.39, 0.29) is 17.5 Å². The van der Waals surface area contributed by atoms with Crippen molar-refractivity contribution in [3.05, 3.63) is 47.5 Å². The molecule has 1 fully saturated rings. The summed E-state index contributed by atoms with van der Waals surface area (Å²) in [5.41, 5.74) is 1.24. The fraction of sp³-hybridized carbons (Fsp3) is 0.500. The molecule has 6 nitrogen and oxygen atoms in total. The van der Waals surface area contributed by atoms with E-state index >= 15 is 0 Å². The van der Waals surface area contributed by atoms with Crippen molar-refractivity contribution in [1.29, 1.82) is 0 Å². The van der Waals surface area contributed by atoms with Crippen molar-refractivity contribution in [2.45, 2.75) is 25.2 Å². The van der Waals surface area contributed by atoms with Crippen LogP contribution in [0.15, 0.2) is 35.6 Å². The van der Waals surface area contributed by atoms with E-state index in [1.54, 1.807) is 29.0 Å². The highest BCUT2D eigenvalue weighted by molar-refractivity contribution is 7.90. The summed E-state index contributed by atoms with van der Waals surface area (Å²) in [6, 6.07) is 6.43. The van der Waals surface area contributed by atoms with E-state index in [0.29, 0.717) is 12.1 Å². The lowest BCUT2D eigenvalue weighted by Gasteiger charge is -2.34. The van der Waals surface area contributed by atoms with Gasteiger partial charge in [-0.15, -0.1) is 0 Å². The molecule has 0 radical (unpaired) electrons. The summed E-state index contributed by atoms with van der Waals surface area (Å²) in [5, 5.41) is -0.0112. The van der Waals surface area contributed by atoms with E-state index in [4.69, 9.17) is 0 Å². The molecule has 1 saturated heterocycles. The van der Waals surface area contributed by atoms with Crippen molar-refractivity contribution < 1.29 is 12.8 Å². The Morgan fingerprint density at radius 1 is 1.08 bits per heavy atom. The number of hydrogen-bond acceptors (Lipinski definition) is 5. The first-order chi connectivity index (χ1) is 12.4. The van der Waals surface area contributed by atoms with Gasteiger partial charge in [0.1, 0.15) is 5.82 Å². The zero-order valence-corrected chi connectivity index (χ0v) is 16.0. The first-order valence-corrected chi connectivity index (χ1v) is 10.7. The van der Waals surface area contributed by atoms with Crippen molar-refractivity contribution in [2.24, 2.45) is 0 Å². The molecule has 2 heterocycles. The summed E-state index contributed by atoms with van der Waals surface area (Å²) < 4.78 is 39.9. The maximum Gasteiger partial charge on any atom is 0.227 e. The van der Waals surface area contributed by atoms with Crippen molar-refractivity contribution in [1.82, 2.24) is 19.4 Å². The van der Waals surface area contributed by atoms with Gasteiger partial charge in [0.2, 0.25) is 15.0 Å². The Kier molecular flexibility index (Phi) is 5.74. The number of nitrogens with zero attached hydrogens (tertiary/aromatic N) is 4. The largest absolute Gasteiger partial charge is 0.313 e. The lowest BCUT2D eigenvalue weighted by Crippen LogP contribution is -2.45. The van der Waals surface area contributed by atoms with Crippen LogP contribution in [-0.4, -0.2) is 66.7 Å². The average molecular weight is 380 g/mol. The maximum absolute atomic E-state index is 14.1. The molecule has 0 bridgehead atoms. The molecule has 0 N–H and O–H groups in total. The van der Waals surface area contributed by atoms with Gasteiger partial charge in [0, 0.05) is 44.5 Å². The third kappa shape index (κ3) is 4.31. The van der Waals surface area contributed by atoms with Gasteiger partial charge in [-0.2, -0.15) is 0 Å². The van der Waals surface area contributed by atoms with Gasteiger partial charge in [-0.25, -0.2) is 17.8 Å². The molecule has 1 aliphatic rings. The van der Waals surface area contributed by atoms with E-state index in [0.717, 1.165) is 44.7 Å². The Morgan fingerprint density at radius 2 is 1.73 bits per heavy atom. The van der Waals surface area contributed by atoms with Gasteiger partial charge < -0.3 is 9.47 Å². The molecule has 0 saturated carbocycles. The van der Waals surface area contributed by atoms with Crippen LogP contribution in [-0.2, 0) is 22.9 Å². The number of imidazole rings is 1. The molecule has 0 unspecified atom stereocenters. The summed E-state index contributed by atoms with van der Waals surface area (Å²) in [7, 11) is -3.50. The molecule has 26 heavy (non-hydrogen) atoms. The Morgan fingerprint density at radius 3 is 2.35 bits per heavy atom. The van der Waals surface area contributed by atoms with Crippen LogP contribution in [0.4, 0.5) is 4.39 Å². The Bertz CT molecular complexity index is 858. The van der Waals surface area contributed by atoms with Gasteiger partial charge in [0.15, 0.2) is 0 Å². The van der Waals surface area contributed by atoms with E-state index in [2.05, 4.69) is 21.7 Å². The Labute approximate surface area is 154 Å². The highest BCUT2D eigenvalue weighted by Gasteiger charge is 2.22. The molecule has 0 aliphatic carbocycles. The summed E-state index contributed by atoms with van der Waals surface area (Å²) in [6.45, 7) is 7.79. The zero-order chi connectivity index (χ0) is 18.7. The topological polar surface area (TPSA) is 58.4 Å². The number of piperazine rings is 1. The predicted octanol–water partition coefficient (Wildman–Crippen LogP) is 1.61. The van der Waals surface area contributed by atoms with E-state index < -0.39 is 9.84 Å². The molecule has 1 aromatic heterocycles. The zero-order valence-electron chi connectivity index (χ0n) is 15.2. The molecule has 8 heteroatoms. The second-order valence-electron chi connectivity index (χ2n) is 6.69. The smallest absolute Gasteiger partial charge is 0.227 e. The van der Waals surface area contributed by atoms with Crippen molar-refractivity contribution in [2.75, 3.05) is 39.0 Å². The average Bonchev–Trinajstić information content (AvgIpc) is 3.00. The minimum absolute atomic E-state index is 0.0112. The molecular weight excluding hydrogens is 355 g/mol. The molecule has 0 spiro atoms. The van der Waals surface area contributed by atoms with Crippen LogP contribution < -0.4 is 0 Å². The molecule has 1 aromatic carbocycles. The van der Waals surface area contributed by atoms with E-state index in [1.165, 1.54) is 6.07 Å². The number of likely N-dealkylation sites (N-methyl/N-ethyl adjacent to an activating group) is 1. The van der Waals surface area contributed by atoms with Gasteiger partial charge in [-0.05, 0) is 12.6 Å². The first-order valence-electron chi connectivity index (χ1n) is 8.81. The summed E-state index contributed by atoms with van der Waals surface area (Å²) in [5.74, 6) is -0.344. The van der Waals surface area contributed by atoms with E-state index in [1.807, 2.05) is 0 Å². The molecule has 0 atom stereocenters. The lowest BCUT2D eigenvalue weighted by atomic mass is 10.2. The number of sulfone groups is 1. The molecule has 0 amide bonds. The molecular formula is C18H25FN4O2S. The van der Waals surface area contributed by atoms with Crippen molar-refractivity contribution in [3.63, 3.8) is 0 Å². The quantitative estimate of drug-likeness (QED) is 0.762. The minimum atomic E-state index is -3.50. The van der Waals surface area contributed by atoms with Crippen LogP contribution in [0.5, 0.6) is 0 Å². The predicted molar refractivity (Wildman–Crippen MR) is 98.2 cm³/mol. The third-order valence-corrected chi connectivity index (χ3v) is 5.81. The summed E-state index contributed by atoms with van der Waals surface area (Å²) in [4.78, 5) is 8.79. The Balaban J connectivity index is 1.86. The van der Waals surface area contributed by atoms with Crippen LogP contribution in [0.3, 0.4) is 0 Å². The highest BCUT2D eigenvalue weighted by atomic mass is 32.2. The van der Waals surface area contributed by atoms with Crippen LogP contribution in [0.25, 0.3) is 0 Å². The second kappa shape index (κ2) is 7.85. The lowest BCUT2D eigenvalue weighted by molar-refractivity contribution is 0.129. The number of halogens is 1. The van der Waals surface area contributed by atoms with Crippen LogP contribution in [0.2, 0.25) is 0 Å². The first kappa shape index (κ1) is 19.0. The number of hydrogen-bond donors (Lipinski definition) is 0. The fourth-order valence-electron chi connectivity index (χ4n) is 3.27. The Hall–Kier alpha value is -1.77. The number of rotatable bonds is 6. The molecule has 2 aromatic rings. The standard InChI is InChI=1S/C18H25FN4O2S/c1-3-21-8-10-22(11-9-21)14-16-12-20-18(26(2,24)25)23(16)13-15-6-4-5-7-17(15)19/h4-7,12H,3,8-11,13-14H2,1-2H3. The number of benzene rings is 1. The summed E-state index contributed by atoms with van der Waals surface area (Å²) >= 11 is 0. The van der Waals surface area contributed by atoms with Gasteiger partial charge in [0.05, 0.1) is 18.4 Å². The molecule has 1 aliphatic heterocycles.